The van der Waals surface area contributed by atoms with Crippen molar-refractivity contribution >= 4 is 21.1 Å². The Morgan fingerprint density at radius 1 is 1.00 bits per heavy atom. The van der Waals surface area contributed by atoms with E-state index in [0.717, 1.165) is 22.6 Å². The minimum absolute atomic E-state index is 0.0114. The maximum absolute atomic E-state index is 13.9. The fourth-order valence-corrected chi connectivity index (χ4v) is 6.23. The lowest BCUT2D eigenvalue weighted by Gasteiger charge is -2.38. The molecule has 1 unspecified atom stereocenters. The van der Waals surface area contributed by atoms with Crippen molar-refractivity contribution < 1.29 is 26.0 Å². The van der Waals surface area contributed by atoms with E-state index in [1.807, 2.05) is 18.2 Å². The van der Waals surface area contributed by atoms with Gasteiger partial charge in [0.2, 0.25) is 4.87 Å². The molecule has 0 bridgehead atoms. The number of allylic oxidation sites excluding steroid dienone is 3. The quantitative estimate of drug-likeness (QED) is 0.286. The second kappa shape index (κ2) is 9.60. The van der Waals surface area contributed by atoms with Crippen LogP contribution in [0.15, 0.2) is 79.1 Å². The smallest absolute Gasteiger partial charge is 0.304 e. The highest BCUT2D eigenvalue weighted by molar-refractivity contribution is 7.91. The number of aromatic nitrogens is 5. The molecule has 0 saturated heterocycles. The fourth-order valence-electron chi connectivity index (χ4n) is 4.81. The molecule has 7 nitrogen and oxygen atoms in total. The molecule has 202 valence electrons. The highest BCUT2D eigenvalue weighted by Gasteiger charge is 2.52. The number of alkyl halides is 4. The van der Waals surface area contributed by atoms with Crippen molar-refractivity contribution in [3.05, 3.63) is 102 Å². The first-order chi connectivity index (χ1) is 18.5. The lowest BCUT2D eigenvalue weighted by molar-refractivity contribution is -0.141. The molecule has 0 N–H and O–H groups in total. The largest absolute Gasteiger partial charge is 0.434 e. The standard InChI is InChI=1S/C27H23F4N5O2S/c1-18-33-24(27(29,30)31)17-35(18)25-13-12-22(20-6-4-3-5-7-20)14-26(25,39(2,37)38)36-23(16-32-34-36)21-10-8-19(15-28)9-11-21/h3-13,16-17H,14-15H2,1-2H3. The summed E-state index contributed by atoms with van der Waals surface area (Å²) in [5, 5.41) is 8.17. The normalized spacial score (nSPS) is 18.1. The van der Waals surface area contributed by atoms with Gasteiger partial charge in [0.05, 0.1) is 17.6 Å². The first-order valence-electron chi connectivity index (χ1n) is 11.8. The van der Waals surface area contributed by atoms with E-state index in [1.165, 1.54) is 23.9 Å². The Bertz CT molecular complexity index is 1690. The van der Waals surface area contributed by atoms with Gasteiger partial charge in [-0.2, -0.15) is 13.2 Å². The number of sulfone groups is 1. The van der Waals surface area contributed by atoms with E-state index in [4.69, 9.17) is 0 Å². The maximum Gasteiger partial charge on any atom is 0.434 e. The number of imidazole rings is 1. The Hall–Kier alpha value is -4.06. The number of hydrogen-bond acceptors (Lipinski definition) is 5. The van der Waals surface area contributed by atoms with Gasteiger partial charge < -0.3 is 4.57 Å². The minimum atomic E-state index is -4.74. The predicted molar refractivity (Wildman–Crippen MR) is 138 cm³/mol. The van der Waals surface area contributed by atoms with Crippen LogP contribution in [-0.4, -0.2) is 39.2 Å². The number of hydrogen-bond donors (Lipinski definition) is 0. The summed E-state index contributed by atoms with van der Waals surface area (Å²) in [5.74, 6) is -0.0490. The Morgan fingerprint density at radius 3 is 2.28 bits per heavy atom. The summed E-state index contributed by atoms with van der Waals surface area (Å²) in [4.78, 5) is 1.66. The molecule has 2 heterocycles. The van der Waals surface area contributed by atoms with E-state index >= 15 is 0 Å². The molecule has 0 saturated carbocycles. The van der Waals surface area contributed by atoms with Crippen LogP contribution in [0.2, 0.25) is 0 Å². The van der Waals surface area contributed by atoms with Crippen LogP contribution in [0.25, 0.3) is 22.5 Å². The second-order valence-electron chi connectivity index (χ2n) is 9.25. The van der Waals surface area contributed by atoms with E-state index in [0.29, 0.717) is 22.4 Å². The summed E-state index contributed by atoms with van der Waals surface area (Å²) in [5.41, 5.74) is 1.46. The molecule has 2 aromatic heterocycles. The summed E-state index contributed by atoms with van der Waals surface area (Å²) in [6.45, 7) is 0.697. The van der Waals surface area contributed by atoms with Gasteiger partial charge >= 0.3 is 6.18 Å². The van der Waals surface area contributed by atoms with Crippen molar-refractivity contribution in [3.63, 3.8) is 0 Å². The molecule has 39 heavy (non-hydrogen) atoms. The highest BCUT2D eigenvalue weighted by atomic mass is 32.2. The average Bonchev–Trinajstić information content (AvgIpc) is 3.55. The first kappa shape index (κ1) is 26.5. The second-order valence-corrected chi connectivity index (χ2v) is 11.5. The van der Waals surface area contributed by atoms with Gasteiger partial charge in [-0.1, -0.05) is 65.9 Å². The molecule has 5 rings (SSSR count). The molecule has 1 atom stereocenters. The topological polar surface area (TPSA) is 82.7 Å². The zero-order valence-corrected chi connectivity index (χ0v) is 21.7. The fraction of sp³-hybridized carbons (Fsp3) is 0.222. The molecule has 2 aromatic carbocycles. The number of benzene rings is 2. The van der Waals surface area contributed by atoms with E-state index in [2.05, 4.69) is 15.3 Å². The first-order valence-corrected chi connectivity index (χ1v) is 13.7. The van der Waals surface area contributed by atoms with Gasteiger partial charge in [0.25, 0.3) is 0 Å². The highest BCUT2D eigenvalue weighted by Crippen LogP contribution is 2.48. The summed E-state index contributed by atoms with van der Waals surface area (Å²) in [7, 11) is -4.17. The summed E-state index contributed by atoms with van der Waals surface area (Å²) in [6, 6.07) is 15.4. The van der Waals surface area contributed by atoms with Crippen molar-refractivity contribution in [1.29, 1.82) is 0 Å². The van der Waals surface area contributed by atoms with Gasteiger partial charge in [-0.25, -0.2) is 22.5 Å². The maximum atomic E-state index is 13.9. The Balaban J connectivity index is 1.81. The minimum Gasteiger partial charge on any atom is -0.304 e. The van der Waals surface area contributed by atoms with E-state index in [9.17, 15) is 26.0 Å². The van der Waals surface area contributed by atoms with Crippen molar-refractivity contribution in [1.82, 2.24) is 24.5 Å². The van der Waals surface area contributed by atoms with E-state index in [-0.39, 0.29) is 17.9 Å². The van der Waals surface area contributed by atoms with Crippen molar-refractivity contribution in [2.75, 3.05) is 6.26 Å². The molecule has 12 heteroatoms. The van der Waals surface area contributed by atoms with Crippen LogP contribution in [-0.2, 0) is 27.6 Å². The molecule has 0 amide bonds. The average molecular weight is 558 g/mol. The predicted octanol–water partition coefficient (Wildman–Crippen LogP) is 5.66. The van der Waals surface area contributed by atoms with Gasteiger partial charge in [0, 0.05) is 24.4 Å². The zero-order chi connectivity index (χ0) is 28.0. The molecule has 1 aliphatic carbocycles. The van der Waals surface area contributed by atoms with E-state index in [1.54, 1.807) is 42.5 Å². The number of aryl methyl sites for hydroxylation is 1. The van der Waals surface area contributed by atoms with Crippen LogP contribution in [0.5, 0.6) is 0 Å². The summed E-state index contributed by atoms with van der Waals surface area (Å²) in [6.07, 6.45) is 1.46. The lowest BCUT2D eigenvalue weighted by atomic mass is 9.91. The Kier molecular flexibility index (Phi) is 6.53. The molecule has 1 aliphatic rings. The van der Waals surface area contributed by atoms with Gasteiger partial charge in [-0.05, 0) is 29.7 Å². The molecule has 0 spiro atoms. The van der Waals surface area contributed by atoms with E-state index < -0.39 is 33.3 Å². The molecule has 0 radical (unpaired) electrons. The Morgan fingerprint density at radius 2 is 1.69 bits per heavy atom. The molecule has 0 aliphatic heterocycles. The summed E-state index contributed by atoms with van der Waals surface area (Å²) >= 11 is 0. The van der Waals surface area contributed by atoms with Gasteiger partial charge in [-0.3, -0.25) is 0 Å². The van der Waals surface area contributed by atoms with Gasteiger partial charge in [0.1, 0.15) is 12.5 Å². The van der Waals surface area contributed by atoms with Crippen molar-refractivity contribution in [3.8, 4) is 11.3 Å². The van der Waals surface area contributed by atoms with Crippen LogP contribution >= 0.6 is 0 Å². The molecule has 4 aromatic rings. The van der Waals surface area contributed by atoms with Crippen LogP contribution in [0.4, 0.5) is 17.6 Å². The monoisotopic (exact) mass is 557 g/mol. The SMILES string of the molecule is Cc1nc(C(F)(F)F)cn1C1=CC=C(c2ccccc2)CC1(n1nncc1-c1ccc(CF)cc1)S(C)(=O)=O. The van der Waals surface area contributed by atoms with Crippen molar-refractivity contribution in [2.45, 2.75) is 31.1 Å². The molecular weight excluding hydrogens is 534 g/mol. The van der Waals surface area contributed by atoms with Crippen LogP contribution in [0, 0.1) is 6.92 Å². The third-order valence-corrected chi connectivity index (χ3v) is 8.51. The zero-order valence-electron chi connectivity index (χ0n) is 20.9. The van der Waals surface area contributed by atoms with Crippen LogP contribution in [0.3, 0.4) is 0 Å². The lowest BCUT2D eigenvalue weighted by Crippen LogP contribution is -2.46. The van der Waals surface area contributed by atoms with Crippen LogP contribution < -0.4 is 0 Å². The van der Waals surface area contributed by atoms with Crippen LogP contribution in [0.1, 0.15) is 29.1 Å². The van der Waals surface area contributed by atoms with Gasteiger partial charge in [0.15, 0.2) is 15.5 Å². The number of rotatable bonds is 6. The number of halogens is 4. The molecular formula is C27H23F4N5O2S. The van der Waals surface area contributed by atoms with Gasteiger partial charge in [-0.15, -0.1) is 5.10 Å². The third-order valence-electron chi connectivity index (χ3n) is 6.76. The van der Waals surface area contributed by atoms with Crippen molar-refractivity contribution in [2.24, 2.45) is 0 Å². The number of nitrogens with zero attached hydrogens (tertiary/aromatic N) is 5. The molecule has 0 fully saturated rings. The summed E-state index contributed by atoms with van der Waals surface area (Å²) < 4.78 is 84.1. The Labute approximate surface area is 222 Å². The third kappa shape index (κ3) is 4.58.